The van der Waals surface area contributed by atoms with Crippen LogP contribution in [-0.4, -0.2) is 18.9 Å². The van der Waals surface area contributed by atoms with Crippen LogP contribution in [-0.2, 0) is 4.79 Å². The van der Waals surface area contributed by atoms with Crippen LogP contribution in [0.5, 0.6) is 5.75 Å². The van der Waals surface area contributed by atoms with E-state index < -0.39 is 0 Å². The number of benzene rings is 2. The van der Waals surface area contributed by atoms with Crippen LogP contribution in [0, 0.1) is 13.8 Å². The predicted molar refractivity (Wildman–Crippen MR) is 116 cm³/mol. The Morgan fingerprint density at radius 3 is 2.59 bits per heavy atom. The van der Waals surface area contributed by atoms with Gasteiger partial charge in [0.25, 0.3) is 5.91 Å². The fraction of sp³-hybridized carbons (Fsp3) is 0.217. The van der Waals surface area contributed by atoms with Crippen LogP contribution < -0.4 is 15.4 Å². The molecule has 2 aromatic carbocycles. The van der Waals surface area contributed by atoms with Gasteiger partial charge in [0.15, 0.2) is 0 Å². The van der Waals surface area contributed by atoms with Crippen molar-refractivity contribution in [2.45, 2.75) is 26.2 Å². The smallest absolute Gasteiger partial charge is 0.266 e. The molecule has 148 valence electrons. The molecule has 29 heavy (non-hydrogen) atoms. The molecular weight excluding hydrogens is 384 g/mol. The van der Waals surface area contributed by atoms with E-state index in [1.807, 2.05) is 62.4 Å². The molecule has 0 aliphatic carbocycles. The Kier molecular flexibility index (Phi) is 5.11. The Hall–Kier alpha value is -3.12. The molecule has 4 rings (SSSR count). The second-order valence-electron chi connectivity index (χ2n) is 7.17. The summed E-state index contributed by atoms with van der Waals surface area (Å²) >= 11 is 1.32. The molecule has 1 aromatic heterocycles. The number of carbonyl (C=O) groups excluding carboxylic acids is 2. The fourth-order valence-corrected chi connectivity index (χ4v) is 4.95. The molecule has 0 bridgehead atoms. The van der Waals surface area contributed by atoms with Gasteiger partial charge in [-0.05, 0) is 43.2 Å². The Morgan fingerprint density at radius 2 is 1.86 bits per heavy atom. The van der Waals surface area contributed by atoms with Gasteiger partial charge in [0.2, 0.25) is 5.91 Å². The summed E-state index contributed by atoms with van der Waals surface area (Å²) in [7, 11) is 1.63. The van der Waals surface area contributed by atoms with Crippen molar-refractivity contribution in [2.24, 2.45) is 0 Å². The van der Waals surface area contributed by atoms with Crippen LogP contribution >= 0.6 is 11.3 Å². The molecule has 1 aliphatic rings. The Labute approximate surface area is 173 Å². The molecule has 0 fully saturated rings. The third-order valence-corrected chi connectivity index (χ3v) is 6.44. The highest BCUT2D eigenvalue weighted by atomic mass is 32.1. The van der Waals surface area contributed by atoms with Crippen LogP contribution in [0.2, 0.25) is 0 Å². The van der Waals surface area contributed by atoms with Crippen LogP contribution in [0.3, 0.4) is 0 Å². The number of hydrogen-bond donors (Lipinski definition) is 2. The van der Waals surface area contributed by atoms with Crippen LogP contribution in [0.4, 0.5) is 10.7 Å². The number of anilines is 2. The number of amides is 2. The summed E-state index contributed by atoms with van der Waals surface area (Å²) in [6.07, 6.45) is 0.323. The van der Waals surface area contributed by atoms with Crippen LogP contribution in [0.25, 0.3) is 0 Å². The summed E-state index contributed by atoms with van der Waals surface area (Å²) in [5, 5.41) is 6.64. The summed E-state index contributed by atoms with van der Waals surface area (Å²) in [4.78, 5) is 25.9. The van der Waals surface area contributed by atoms with E-state index in [1.54, 1.807) is 7.11 Å². The van der Waals surface area contributed by atoms with E-state index in [2.05, 4.69) is 10.6 Å². The van der Waals surface area contributed by atoms with E-state index in [0.717, 1.165) is 38.7 Å². The highest BCUT2D eigenvalue weighted by molar-refractivity contribution is 7.18. The van der Waals surface area contributed by atoms with Gasteiger partial charge < -0.3 is 15.4 Å². The van der Waals surface area contributed by atoms with E-state index in [1.165, 1.54) is 11.3 Å². The summed E-state index contributed by atoms with van der Waals surface area (Å²) in [5.41, 5.74) is 4.72. The van der Waals surface area contributed by atoms with Crippen molar-refractivity contribution in [1.82, 2.24) is 0 Å². The number of ether oxygens (including phenoxy) is 1. The van der Waals surface area contributed by atoms with Gasteiger partial charge in [-0.1, -0.05) is 35.9 Å². The average Bonchev–Trinajstić information content (AvgIpc) is 3.05. The minimum Gasteiger partial charge on any atom is -0.496 e. The topological polar surface area (TPSA) is 67.4 Å². The molecular formula is C23H22N2O3S. The second kappa shape index (κ2) is 7.72. The molecule has 0 spiro atoms. The molecule has 1 unspecified atom stereocenters. The first kappa shape index (κ1) is 19.2. The number of rotatable bonds is 4. The van der Waals surface area contributed by atoms with Crippen molar-refractivity contribution in [3.05, 3.63) is 75.7 Å². The second-order valence-corrected chi connectivity index (χ2v) is 8.19. The van der Waals surface area contributed by atoms with Gasteiger partial charge in [-0.25, -0.2) is 0 Å². The number of hydrogen-bond acceptors (Lipinski definition) is 4. The molecule has 6 heteroatoms. The zero-order chi connectivity index (χ0) is 20.5. The molecule has 1 atom stereocenters. The van der Waals surface area contributed by atoms with Crippen LogP contribution in [0.1, 0.15) is 44.3 Å². The first-order valence-corrected chi connectivity index (χ1v) is 10.2. The maximum absolute atomic E-state index is 12.9. The monoisotopic (exact) mass is 406 g/mol. The third kappa shape index (κ3) is 3.63. The summed E-state index contributed by atoms with van der Waals surface area (Å²) in [6, 6.07) is 15.4. The van der Waals surface area contributed by atoms with Gasteiger partial charge >= 0.3 is 0 Å². The predicted octanol–water partition coefficient (Wildman–Crippen LogP) is 5.10. The van der Waals surface area contributed by atoms with Crippen molar-refractivity contribution in [1.29, 1.82) is 0 Å². The first-order chi connectivity index (χ1) is 14.0. The fourth-order valence-electron chi connectivity index (χ4n) is 3.76. The summed E-state index contributed by atoms with van der Waals surface area (Å²) in [5.74, 6) is 0.375. The minimum absolute atomic E-state index is 0.0554. The number of fused-ring (bicyclic) bond motifs is 1. The molecule has 3 aromatic rings. The lowest BCUT2D eigenvalue weighted by atomic mass is 9.84. The third-order valence-electron chi connectivity index (χ3n) is 5.21. The molecule has 5 nitrogen and oxygen atoms in total. The number of methoxy groups -OCH3 is 1. The van der Waals surface area contributed by atoms with Crippen molar-refractivity contribution < 1.29 is 14.3 Å². The maximum atomic E-state index is 12.9. The number of nitrogens with one attached hydrogen (secondary N) is 2. The van der Waals surface area contributed by atoms with E-state index in [9.17, 15) is 9.59 Å². The molecule has 2 amide bonds. The largest absolute Gasteiger partial charge is 0.496 e. The van der Waals surface area contributed by atoms with Crippen molar-refractivity contribution in [2.75, 3.05) is 17.7 Å². The number of carbonyl (C=O) groups is 2. The van der Waals surface area contributed by atoms with Gasteiger partial charge in [0.05, 0.1) is 17.0 Å². The minimum atomic E-state index is -0.168. The van der Waals surface area contributed by atoms with Gasteiger partial charge in [-0.3, -0.25) is 9.59 Å². The first-order valence-electron chi connectivity index (χ1n) is 9.42. The van der Waals surface area contributed by atoms with E-state index in [4.69, 9.17) is 4.74 Å². The molecule has 1 aliphatic heterocycles. The van der Waals surface area contributed by atoms with Gasteiger partial charge in [0, 0.05) is 23.6 Å². The molecule has 2 heterocycles. The Morgan fingerprint density at radius 1 is 1.14 bits per heavy atom. The van der Waals surface area contributed by atoms with E-state index in [0.29, 0.717) is 11.3 Å². The zero-order valence-corrected chi connectivity index (χ0v) is 17.4. The highest BCUT2D eigenvalue weighted by Gasteiger charge is 2.34. The van der Waals surface area contributed by atoms with E-state index in [-0.39, 0.29) is 17.7 Å². The van der Waals surface area contributed by atoms with Crippen molar-refractivity contribution in [3.63, 3.8) is 0 Å². The van der Waals surface area contributed by atoms with Gasteiger partial charge in [-0.15, -0.1) is 11.3 Å². The molecule has 0 radical (unpaired) electrons. The summed E-state index contributed by atoms with van der Waals surface area (Å²) < 4.78 is 5.52. The van der Waals surface area contributed by atoms with Crippen molar-refractivity contribution in [3.8, 4) is 5.75 Å². The number of aryl methyl sites for hydroxylation is 1. The molecule has 0 saturated carbocycles. The lowest BCUT2D eigenvalue weighted by molar-refractivity contribution is -0.116. The number of thiophene rings is 1. The van der Waals surface area contributed by atoms with Crippen molar-refractivity contribution >= 4 is 33.8 Å². The Balaban J connectivity index is 1.72. The van der Waals surface area contributed by atoms with E-state index >= 15 is 0 Å². The average molecular weight is 407 g/mol. The highest BCUT2D eigenvalue weighted by Crippen LogP contribution is 2.47. The van der Waals surface area contributed by atoms with Gasteiger partial charge in [0.1, 0.15) is 5.75 Å². The summed E-state index contributed by atoms with van der Waals surface area (Å²) in [6.45, 7) is 3.95. The zero-order valence-electron chi connectivity index (χ0n) is 16.5. The Bertz CT molecular complexity index is 1090. The molecule has 2 N–H and O–H groups in total. The number of para-hydroxylation sites is 1. The SMILES string of the molecule is COc1ccccc1C1CC(=O)Nc2sc(C(=O)Nc3ccc(C)cc3)c(C)c21. The van der Waals surface area contributed by atoms with Crippen LogP contribution in [0.15, 0.2) is 48.5 Å². The lowest BCUT2D eigenvalue weighted by Crippen LogP contribution is -2.23. The lowest BCUT2D eigenvalue weighted by Gasteiger charge is -2.25. The maximum Gasteiger partial charge on any atom is 0.266 e. The standard InChI is InChI=1S/C23H22N2O3S/c1-13-8-10-15(11-9-13)24-22(27)21-14(2)20-17(12-19(26)25-23(20)29-21)16-6-4-5-7-18(16)28-3/h4-11,17H,12H2,1-3H3,(H,24,27)(H,25,26). The quantitative estimate of drug-likeness (QED) is 0.633. The van der Waals surface area contributed by atoms with Gasteiger partial charge in [-0.2, -0.15) is 0 Å². The normalized spacial score (nSPS) is 15.4. The molecule has 0 saturated heterocycles.